The van der Waals surface area contributed by atoms with Gasteiger partial charge in [-0.1, -0.05) is 13.3 Å². The molecule has 0 atom stereocenters. The summed E-state index contributed by atoms with van der Waals surface area (Å²) in [4.78, 5) is 9.76. The van der Waals surface area contributed by atoms with Gasteiger partial charge >= 0.3 is 5.97 Å². The molecular weight excluding hydrogens is 148 g/mol. The minimum absolute atomic E-state index is 0.125. The maximum Gasteiger partial charge on any atom is 0.303 e. The number of hydrogen-bond acceptors (Lipinski definition) is 3. The van der Waals surface area contributed by atoms with E-state index in [1.807, 2.05) is 6.92 Å². The number of aliphatic hydroxyl groups excluding tert-OH is 2. The first-order valence-corrected chi connectivity index (χ1v) is 3.62. The molecule has 0 aliphatic heterocycles. The second kappa shape index (κ2) is 12.1. The Labute approximate surface area is 66.5 Å². The van der Waals surface area contributed by atoms with Crippen LogP contribution in [0, 0.1) is 0 Å². The summed E-state index contributed by atoms with van der Waals surface area (Å²) in [7, 11) is 0. The Kier molecular flexibility index (Phi) is 14.3. The maximum atomic E-state index is 9.76. The van der Waals surface area contributed by atoms with E-state index in [0.717, 1.165) is 12.8 Å². The van der Waals surface area contributed by atoms with E-state index in [1.54, 1.807) is 0 Å². The zero-order valence-electron chi connectivity index (χ0n) is 6.79. The van der Waals surface area contributed by atoms with Crippen LogP contribution in [0.4, 0.5) is 0 Å². The number of unbranched alkanes of at least 4 members (excludes halogenated alkanes) is 1. The van der Waals surface area contributed by atoms with Crippen LogP contribution in [0.3, 0.4) is 0 Å². The van der Waals surface area contributed by atoms with Crippen LogP contribution in [-0.2, 0) is 4.79 Å². The van der Waals surface area contributed by atoms with Crippen LogP contribution in [0.1, 0.15) is 26.2 Å². The average molecular weight is 164 g/mol. The summed E-state index contributed by atoms with van der Waals surface area (Å²) in [6.45, 7) is 1.73. The smallest absolute Gasteiger partial charge is 0.303 e. The van der Waals surface area contributed by atoms with Gasteiger partial charge in [-0.3, -0.25) is 4.79 Å². The summed E-state index contributed by atoms with van der Waals surface area (Å²) in [5, 5.41) is 23.3. The van der Waals surface area contributed by atoms with Crippen LogP contribution in [0.25, 0.3) is 0 Å². The molecule has 3 N–H and O–H groups in total. The average Bonchev–Trinajstić information content (AvgIpc) is 2.01. The van der Waals surface area contributed by atoms with Crippen molar-refractivity contribution in [2.75, 3.05) is 13.2 Å². The lowest BCUT2D eigenvalue weighted by Gasteiger charge is -1.85. The number of carbonyl (C=O) groups is 1. The molecule has 0 saturated heterocycles. The first-order valence-electron chi connectivity index (χ1n) is 3.62. The highest BCUT2D eigenvalue weighted by atomic mass is 16.4. The SMILES string of the molecule is CCCCC(=O)O.OCCO. The van der Waals surface area contributed by atoms with Gasteiger partial charge in [0.25, 0.3) is 0 Å². The minimum atomic E-state index is -0.693. The molecule has 0 aromatic heterocycles. The first-order chi connectivity index (χ1) is 5.18. The summed E-state index contributed by atoms with van der Waals surface area (Å²) in [5.41, 5.74) is 0. The molecule has 4 heteroatoms. The van der Waals surface area contributed by atoms with Crippen LogP contribution < -0.4 is 0 Å². The van der Waals surface area contributed by atoms with E-state index in [9.17, 15) is 4.79 Å². The summed E-state index contributed by atoms with van der Waals surface area (Å²) in [5.74, 6) is -0.693. The highest BCUT2D eigenvalue weighted by molar-refractivity contribution is 5.66. The Bertz CT molecular complexity index is 80.5. The number of hydrogen-bond donors (Lipinski definition) is 3. The van der Waals surface area contributed by atoms with E-state index in [4.69, 9.17) is 15.3 Å². The van der Waals surface area contributed by atoms with Gasteiger partial charge in [0.05, 0.1) is 13.2 Å². The molecule has 0 amide bonds. The summed E-state index contributed by atoms with van der Waals surface area (Å²) >= 11 is 0. The second-order valence-electron chi connectivity index (χ2n) is 1.94. The number of carboxylic acid groups (broad SMARTS) is 1. The van der Waals surface area contributed by atoms with E-state index in [0.29, 0.717) is 6.42 Å². The van der Waals surface area contributed by atoms with Gasteiger partial charge in [0.2, 0.25) is 0 Å². The number of carboxylic acids is 1. The van der Waals surface area contributed by atoms with E-state index < -0.39 is 5.97 Å². The lowest BCUT2D eigenvalue weighted by molar-refractivity contribution is -0.137. The first kappa shape index (κ1) is 13.0. The fourth-order valence-corrected chi connectivity index (χ4v) is 0.328. The van der Waals surface area contributed by atoms with Gasteiger partial charge in [0, 0.05) is 6.42 Å². The quantitative estimate of drug-likeness (QED) is 0.556. The van der Waals surface area contributed by atoms with Gasteiger partial charge in [-0.15, -0.1) is 0 Å². The molecule has 0 rings (SSSR count). The van der Waals surface area contributed by atoms with Gasteiger partial charge in [-0.25, -0.2) is 0 Å². The molecule has 0 aromatic rings. The summed E-state index contributed by atoms with van der Waals surface area (Å²) in [6, 6.07) is 0. The second-order valence-corrected chi connectivity index (χ2v) is 1.94. The molecule has 0 aliphatic carbocycles. The zero-order valence-corrected chi connectivity index (χ0v) is 6.79. The molecule has 0 unspecified atom stereocenters. The fourth-order valence-electron chi connectivity index (χ4n) is 0.328. The van der Waals surface area contributed by atoms with E-state index in [1.165, 1.54) is 0 Å². The van der Waals surface area contributed by atoms with E-state index >= 15 is 0 Å². The molecule has 0 radical (unpaired) electrons. The third kappa shape index (κ3) is 26.6. The van der Waals surface area contributed by atoms with Crippen LogP contribution in [0.5, 0.6) is 0 Å². The molecular formula is C7H16O4. The molecule has 0 aliphatic rings. The standard InChI is InChI=1S/C5H10O2.C2H6O2/c1-2-3-4-5(6)7;3-1-2-4/h2-4H2,1H3,(H,6,7);3-4H,1-2H2. The largest absolute Gasteiger partial charge is 0.481 e. The Morgan fingerprint density at radius 3 is 1.82 bits per heavy atom. The van der Waals surface area contributed by atoms with E-state index in [-0.39, 0.29) is 13.2 Å². The highest BCUT2D eigenvalue weighted by Crippen LogP contribution is 1.91. The molecule has 68 valence electrons. The third-order valence-corrected chi connectivity index (χ3v) is 0.844. The Balaban J connectivity index is 0. The summed E-state index contributed by atoms with van der Waals surface area (Å²) < 4.78 is 0. The monoisotopic (exact) mass is 164 g/mol. The molecule has 0 heterocycles. The van der Waals surface area contributed by atoms with Crippen molar-refractivity contribution >= 4 is 5.97 Å². The van der Waals surface area contributed by atoms with Gasteiger partial charge in [-0.05, 0) is 6.42 Å². The molecule has 0 fully saturated rings. The Morgan fingerprint density at radius 2 is 1.73 bits per heavy atom. The topological polar surface area (TPSA) is 77.8 Å². The van der Waals surface area contributed by atoms with Crippen LogP contribution in [0.15, 0.2) is 0 Å². The van der Waals surface area contributed by atoms with Crippen molar-refractivity contribution in [1.82, 2.24) is 0 Å². The highest BCUT2D eigenvalue weighted by Gasteiger charge is 1.90. The lowest BCUT2D eigenvalue weighted by atomic mass is 10.3. The predicted molar refractivity (Wildman–Crippen MR) is 41.3 cm³/mol. The molecule has 11 heavy (non-hydrogen) atoms. The molecule has 0 bridgehead atoms. The molecule has 0 saturated carbocycles. The minimum Gasteiger partial charge on any atom is -0.481 e. The van der Waals surface area contributed by atoms with Crippen molar-refractivity contribution in [3.8, 4) is 0 Å². The zero-order chi connectivity index (χ0) is 9.11. The number of rotatable bonds is 4. The maximum absolute atomic E-state index is 9.76. The molecule has 0 spiro atoms. The van der Waals surface area contributed by atoms with Crippen molar-refractivity contribution in [3.63, 3.8) is 0 Å². The van der Waals surface area contributed by atoms with E-state index in [2.05, 4.69) is 0 Å². The fraction of sp³-hybridized carbons (Fsp3) is 0.857. The van der Waals surface area contributed by atoms with Crippen molar-refractivity contribution in [1.29, 1.82) is 0 Å². The van der Waals surface area contributed by atoms with Gasteiger partial charge in [0.15, 0.2) is 0 Å². The number of aliphatic hydroxyl groups is 2. The van der Waals surface area contributed by atoms with Crippen molar-refractivity contribution in [2.45, 2.75) is 26.2 Å². The van der Waals surface area contributed by atoms with Crippen molar-refractivity contribution in [2.24, 2.45) is 0 Å². The van der Waals surface area contributed by atoms with Gasteiger partial charge in [-0.2, -0.15) is 0 Å². The Morgan fingerprint density at radius 1 is 1.27 bits per heavy atom. The summed E-state index contributed by atoms with van der Waals surface area (Å²) in [6.07, 6.45) is 2.08. The van der Waals surface area contributed by atoms with Gasteiger partial charge in [0.1, 0.15) is 0 Å². The normalized spacial score (nSPS) is 8.27. The van der Waals surface area contributed by atoms with Crippen LogP contribution >= 0.6 is 0 Å². The van der Waals surface area contributed by atoms with Crippen LogP contribution in [-0.4, -0.2) is 34.5 Å². The van der Waals surface area contributed by atoms with Crippen molar-refractivity contribution in [3.05, 3.63) is 0 Å². The lowest BCUT2D eigenvalue weighted by Crippen LogP contribution is -1.91. The number of aliphatic carboxylic acids is 1. The Hall–Kier alpha value is -0.610. The van der Waals surface area contributed by atoms with Crippen LogP contribution in [0.2, 0.25) is 0 Å². The van der Waals surface area contributed by atoms with Gasteiger partial charge < -0.3 is 15.3 Å². The van der Waals surface area contributed by atoms with Crippen molar-refractivity contribution < 1.29 is 20.1 Å². The molecule has 4 nitrogen and oxygen atoms in total. The predicted octanol–water partition coefficient (Wildman–Crippen LogP) is 0.232. The third-order valence-electron chi connectivity index (χ3n) is 0.844. The molecule has 0 aromatic carbocycles.